The van der Waals surface area contributed by atoms with Gasteiger partial charge >= 0.3 is 0 Å². The van der Waals surface area contributed by atoms with Crippen molar-refractivity contribution in [2.45, 2.75) is 25.8 Å². The third-order valence-electron chi connectivity index (χ3n) is 2.51. The minimum Gasteiger partial charge on any atom is -0.469 e. The predicted octanol–water partition coefficient (Wildman–Crippen LogP) is 2.01. The number of rotatable bonds is 5. The molecule has 4 nitrogen and oxygen atoms in total. The Morgan fingerprint density at radius 2 is 2.31 bits per heavy atom. The molecule has 2 rings (SSSR count). The van der Waals surface area contributed by atoms with Gasteiger partial charge in [-0.15, -0.1) is 0 Å². The Kier molecular flexibility index (Phi) is 3.41. The summed E-state index contributed by atoms with van der Waals surface area (Å²) in [5, 5.41) is 3.16. The van der Waals surface area contributed by atoms with E-state index in [1.807, 2.05) is 19.2 Å². The quantitative estimate of drug-likeness (QED) is 0.837. The second-order valence-corrected chi connectivity index (χ2v) is 3.87. The number of hydrogen-bond acceptors (Lipinski definition) is 4. The molecule has 2 aromatic rings. The van der Waals surface area contributed by atoms with E-state index in [1.54, 1.807) is 12.5 Å². The molecule has 0 fully saturated rings. The lowest BCUT2D eigenvalue weighted by atomic mass is 10.2. The molecule has 0 aliphatic rings. The second kappa shape index (κ2) is 4.99. The molecule has 0 bridgehead atoms. The van der Waals surface area contributed by atoms with Gasteiger partial charge in [0.25, 0.3) is 0 Å². The Bertz CT molecular complexity index is 420. The van der Waals surface area contributed by atoms with Gasteiger partial charge in [-0.1, -0.05) is 0 Å². The molecule has 0 saturated heterocycles. The molecule has 1 N–H and O–H groups in total. The molecule has 0 amide bonds. The topological polar surface area (TPSA) is 51.2 Å². The number of hydrogen-bond donors (Lipinski definition) is 1. The van der Waals surface area contributed by atoms with Gasteiger partial charge in [0.1, 0.15) is 11.5 Å². The third kappa shape index (κ3) is 2.73. The number of oxazole rings is 1. The van der Waals surface area contributed by atoms with Crippen LogP contribution in [0.25, 0.3) is 0 Å². The largest absolute Gasteiger partial charge is 0.469 e. The van der Waals surface area contributed by atoms with Gasteiger partial charge in [0, 0.05) is 12.5 Å². The Hall–Kier alpha value is -1.55. The lowest BCUT2D eigenvalue weighted by Crippen LogP contribution is -2.23. The summed E-state index contributed by atoms with van der Waals surface area (Å²) in [5.74, 6) is 2.48. The van der Waals surface area contributed by atoms with E-state index in [-0.39, 0.29) is 0 Å². The molecular weight excluding hydrogens is 204 g/mol. The highest BCUT2D eigenvalue weighted by Crippen LogP contribution is 2.11. The molecule has 2 aromatic heterocycles. The van der Waals surface area contributed by atoms with Gasteiger partial charge in [-0.05, 0) is 26.1 Å². The fourth-order valence-corrected chi connectivity index (χ4v) is 1.49. The molecule has 0 saturated carbocycles. The van der Waals surface area contributed by atoms with Crippen molar-refractivity contribution in [3.05, 3.63) is 42.0 Å². The van der Waals surface area contributed by atoms with Crippen molar-refractivity contribution in [1.82, 2.24) is 10.3 Å². The molecule has 1 unspecified atom stereocenters. The van der Waals surface area contributed by atoms with Crippen molar-refractivity contribution in [1.29, 1.82) is 0 Å². The zero-order valence-electron chi connectivity index (χ0n) is 9.56. The van der Waals surface area contributed by atoms with Crippen molar-refractivity contribution >= 4 is 0 Å². The summed E-state index contributed by atoms with van der Waals surface area (Å²) in [5.41, 5.74) is 0. The average Bonchev–Trinajstić information content (AvgIpc) is 2.91. The van der Waals surface area contributed by atoms with E-state index in [9.17, 15) is 0 Å². The SMILES string of the molecule is CNC(C)Cc1cnc(Cc2ccco2)o1. The minimum atomic E-state index is 0.393. The standard InChI is InChI=1S/C12H16N2O2/c1-9(13-2)6-11-8-14-12(16-11)7-10-4-3-5-15-10/h3-5,8-9,13H,6-7H2,1-2H3. The van der Waals surface area contributed by atoms with Gasteiger partial charge in [0.15, 0.2) is 0 Å². The molecule has 16 heavy (non-hydrogen) atoms. The molecule has 0 aromatic carbocycles. The van der Waals surface area contributed by atoms with Crippen LogP contribution in [0.3, 0.4) is 0 Å². The molecule has 0 aliphatic heterocycles. The summed E-state index contributed by atoms with van der Waals surface area (Å²) < 4.78 is 10.9. The lowest BCUT2D eigenvalue weighted by molar-refractivity contribution is 0.424. The predicted molar refractivity (Wildman–Crippen MR) is 60.2 cm³/mol. The highest BCUT2D eigenvalue weighted by atomic mass is 16.4. The Morgan fingerprint density at radius 3 is 3.00 bits per heavy atom. The van der Waals surface area contributed by atoms with Crippen molar-refractivity contribution in [3.63, 3.8) is 0 Å². The highest BCUT2D eigenvalue weighted by Gasteiger charge is 2.08. The summed E-state index contributed by atoms with van der Waals surface area (Å²) in [7, 11) is 1.94. The second-order valence-electron chi connectivity index (χ2n) is 3.87. The van der Waals surface area contributed by atoms with Crippen LogP contribution in [0, 0.1) is 0 Å². The normalized spacial score (nSPS) is 12.9. The molecule has 0 spiro atoms. The molecule has 0 aliphatic carbocycles. The third-order valence-corrected chi connectivity index (χ3v) is 2.51. The van der Waals surface area contributed by atoms with Crippen LogP contribution in [-0.4, -0.2) is 18.1 Å². The number of nitrogens with zero attached hydrogens (tertiary/aromatic N) is 1. The van der Waals surface area contributed by atoms with Gasteiger partial charge in [0.2, 0.25) is 5.89 Å². The van der Waals surface area contributed by atoms with Gasteiger partial charge in [-0.25, -0.2) is 4.98 Å². The van der Waals surface area contributed by atoms with E-state index in [4.69, 9.17) is 8.83 Å². The van der Waals surface area contributed by atoms with Crippen LogP contribution < -0.4 is 5.32 Å². The number of aromatic nitrogens is 1. The average molecular weight is 220 g/mol. The fourth-order valence-electron chi connectivity index (χ4n) is 1.49. The zero-order chi connectivity index (χ0) is 11.4. The van der Waals surface area contributed by atoms with Gasteiger partial charge in [-0.3, -0.25) is 0 Å². The first-order valence-electron chi connectivity index (χ1n) is 5.41. The van der Waals surface area contributed by atoms with Crippen LogP contribution in [0.5, 0.6) is 0 Å². The van der Waals surface area contributed by atoms with Crippen LogP contribution in [0.15, 0.2) is 33.4 Å². The lowest BCUT2D eigenvalue weighted by Gasteiger charge is -2.05. The van der Waals surface area contributed by atoms with E-state index in [0.29, 0.717) is 18.4 Å². The molecule has 0 radical (unpaired) electrons. The smallest absolute Gasteiger partial charge is 0.201 e. The maximum atomic E-state index is 5.62. The van der Waals surface area contributed by atoms with Crippen LogP contribution in [-0.2, 0) is 12.8 Å². The first kappa shape index (κ1) is 11.0. The van der Waals surface area contributed by atoms with E-state index >= 15 is 0 Å². The molecular formula is C12H16N2O2. The van der Waals surface area contributed by atoms with Gasteiger partial charge < -0.3 is 14.2 Å². The van der Waals surface area contributed by atoms with E-state index in [1.165, 1.54) is 0 Å². The van der Waals surface area contributed by atoms with Gasteiger partial charge in [-0.2, -0.15) is 0 Å². The van der Waals surface area contributed by atoms with Crippen LogP contribution in [0.2, 0.25) is 0 Å². The van der Waals surface area contributed by atoms with Crippen LogP contribution >= 0.6 is 0 Å². The molecule has 2 heterocycles. The minimum absolute atomic E-state index is 0.393. The summed E-state index contributed by atoms with van der Waals surface area (Å²) in [4.78, 5) is 4.22. The number of nitrogens with one attached hydrogen (secondary N) is 1. The van der Waals surface area contributed by atoms with Crippen LogP contribution in [0.1, 0.15) is 24.3 Å². The summed E-state index contributed by atoms with van der Waals surface area (Å²) in [6.07, 6.45) is 4.90. The fraction of sp³-hybridized carbons (Fsp3) is 0.417. The van der Waals surface area contributed by atoms with Crippen molar-refractivity contribution < 1.29 is 8.83 Å². The van der Waals surface area contributed by atoms with E-state index in [2.05, 4.69) is 17.2 Å². The number of furan rings is 1. The summed E-state index contributed by atoms with van der Waals surface area (Å²) in [6, 6.07) is 4.17. The molecule has 86 valence electrons. The number of likely N-dealkylation sites (N-methyl/N-ethyl adjacent to an activating group) is 1. The maximum Gasteiger partial charge on any atom is 0.201 e. The Morgan fingerprint density at radius 1 is 1.44 bits per heavy atom. The molecule has 4 heteroatoms. The van der Waals surface area contributed by atoms with Crippen molar-refractivity contribution in [2.24, 2.45) is 0 Å². The zero-order valence-corrected chi connectivity index (χ0v) is 9.56. The Labute approximate surface area is 94.7 Å². The first-order chi connectivity index (χ1) is 7.78. The maximum absolute atomic E-state index is 5.62. The first-order valence-corrected chi connectivity index (χ1v) is 5.41. The van der Waals surface area contributed by atoms with Gasteiger partial charge in [0.05, 0.1) is 18.9 Å². The van der Waals surface area contributed by atoms with E-state index < -0.39 is 0 Å². The Balaban J connectivity index is 1.97. The molecule has 1 atom stereocenters. The van der Waals surface area contributed by atoms with E-state index in [0.717, 1.165) is 17.9 Å². The summed E-state index contributed by atoms with van der Waals surface area (Å²) >= 11 is 0. The summed E-state index contributed by atoms with van der Waals surface area (Å²) in [6.45, 7) is 2.11. The van der Waals surface area contributed by atoms with Crippen LogP contribution in [0.4, 0.5) is 0 Å². The van der Waals surface area contributed by atoms with Crippen molar-refractivity contribution in [3.8, 4) is 0 Å². The van der Waals surface area contributed by atoms with Crippen molar-refractivity contribution in [2.75, 3.05) is 7.05 Å². The monoisotopic (exact) mass is 220 g/mol. The highest BCUT2D eigenvalue weighted by molar-refractivity contribution is 5.06.